The summed E-state index contributed by atoms with van der Waals surface area (Å²) < 4.78 is 49.8. The van der Waals surface area contributed by atoms with Crippen LogP contribution in [-0.4, -0.2) is 23.2 Å². The number of anilines is 1. The van der Waals surface area contributed by atoms with Gasteiger partial charge in [0.1, 0.15) is 0 Å². The maximum atomic E-state index is 12.9. The molecule has 1 N–H and O–H groups in total. The highest BCUT2D eigenvalue weighted by atomic mass is 19.3. The van der Waals surface area contributed by atoms with Crippen LogP contribution in [0.15, 0.2) is 36.7 Å². The minimum absolute atomic E-state index is 0.0326. The third-order valence-electron chi connectivity index (χ3n) is 2.51. The number of hydrogen-bond donors (Lipinski definition) is 1. The van der Waals surface area contributed by atoms with Gasteiger partial charge >= 0.3 is 18.3 Å². The molecular formula is C12H8F4N2O. The number of pyridine rings is 1. The van der Waals surface area contributed by atoms with Gasteiger partial charge in [0.2, 0.25) is 0 Å². The molecule has 0 radical (unpaired) electrons. The number of hydrogen-bond acceptors (Lipinski definition) is 2. The molecule has 0 unspecified atom stereocenters. The molecule has 1 heterocycles. The number of nitrogens with zero attached hydrogens (tertiary/aromatic N) is 1. The number of carbonyl (C=O) groups is 1. The van der Waals surface area contributed by atoms with Gasteiger partial charge in [0.15, 0.2) is 0 Å². The van der Waals surface area contributed by atoms with Crippen LogP contribution in [0.3, 0.4) is 0 Å². The minimum Gasteiger partial charge on any atom is -0.320 e. The van der Waals surface area contributed by atoms with E-state index in [0.717, 1.165) is 0 Å². The highest BCUT2D eigenvalue weighted by Gasteiger charge is 2.49. The third kappa shape index (κ3) is 2.49. The Hall–Kier alpha value is -2.18. The van der Waals surface area contributed by atoms with E-state index >= 15 is 0 Å². The summed E-state index contributed by atoms with van der Waals surface area (Å²) in [5.41, 5.74) is 0.0326. The van der Waals surface area contributed by atoms with Gasteiger partial charge in [-0.25, -0.2) is 8.78 Å². The lowest BCUT2D eigenvalue weighted by Crippen LogP contribution is -2.41. The molecule has 1 aromatic heterocycles. The Labute approximate surface area is 105 Å². The molecule has 0 aliphatic carbocycles. The summed E-state index contributed by atoms with van der Waals surface area (Å²) in [5.74, 6) is -6.76. The van der Waals surface area contributed by atoms with E-state index in [9.17, 15) is 22.4 Å². The molecule has 3 nitrogen and oxygen atoms in total. The topological polar surface area (TPSA) is 42.0 Å². The standard InChI is InChI=1S/C12H8F4N2O/c13-10(14)12(15,16)11(19)18-9-3-1-2-7-6-17-5-4-8(7)9/h1-6,10H,(H,18,19). The predicted octanol–water partition coefficient (Wildman–Crippen LogP) is 3.07. The second-order valence-electron chi connectivity index (χ2n) is 3.78. The first-order valence-electron chi connectivity index (χ1n) is 5.23. The molecule has 7 heteroatoms. The number of nitrogens with one attached hydrogen (secondary N) is 1. The average Bonchev–Trinajstić information content (AvgIpc) is 2.39. The van der Waals surface area contributed by atoms with Crippen LogP contribution >= 0.6 is 0 Å². The maximum Gasteiger partial charge on any atom is 0.383 e. The Kier molecular flexibility index (Phi) is 3.37. The summed E-state index contributed by atoms with van der Waals surface area (Å²) in [6.45, 7) is 0. The fourth-order valence-corrected chi connectivity index (χ4v) is 1.54. The number of fused-ring (bicyclic) bond motifs is 1. The fraction of sp³-hybridized carbons (Fsp3) is 0.167. The van der Waals surface area contributed by atoms with Crippen LogP contribution in [0.2, 0.25) is 0 Å². The summed E-state index contributed by atoms with van der Waals surface area (Å²) in [7, 11) is 0. The van der Waals surface area contributed by atoms with Gasteiger partial charge in [-0.05, 0) is 12.1 Å². The van der Waals surface area contributed by atoms with Crippen molar-refractivity contribution in [3.63, 3.8) is 0 Å². The Morgan fingerprint density at radius 1 is 1.26 bits per heavy atom. The second kappa shape index (κ2) is 4.83. The number of halogens is 4. The van der Waals surface area contributed by atoms with E-state index in [-0.39, 0.29) is 5.69 Å². The van der Waals surface area contributed by atoms with Crippen molar-refractivity contribution < 1.29 is 22.4 Å². The molecule has 2 aromatic rings. The SMILES string of the molecule is O=C(Nc1cccc2cnccc12)C(F)(F)C(F)F. The first-order chi connectivity index (χ1) is 8.93. The Balaban J connectivity index is 2.35. The Morgan fingerprint density at radius 2 is 2.00 bits per heavy atom. The van der Waals surface area contributed by atoms with Gasteiger partial charge in [-0.15, -0.1) is 0 Å². The summed E-state index contributed by atoms with van der Waals surface area (Å²) in [6, 6.07) is 6.00. The van der Waals surface area contributed by atoms with Gasteiger partial charge in [-0.2, -0.15) is 8.78 Å². The summed E-state index contributed by atoms with van der Waals surface area (Å²) >= 11 is 0. The molecule has 2 rings (SSSR count). The molecule has 0 aliphatic heterocycles. The smallest absolute Gasteiger partial charge is 0.320 e. The number of amides is 1. The largest absolute Gasteiger partial charge is 0.383 e. The molecule has 1 aromatic carbocycles. The molecule has 0 spiro atoms. The monoisotopic (exact) mass is 272 g/mol. The second-order valence-corrected chi connectivity index (χ2v) is 3.78. The van der Waals surface area contributed by atoms with Crippen molar-refractivity contribution in [2.45, 2.75) is 12.3 Å². The number of rotatable bonds is 3. The van der Waals surface area contributed by atoms with Gasteiger partial charge in [0.25, 0.3) is 0 Å². The third-order valence-corrected chi connectivity index (χ3v) is 2.51. The summed E-state index contributed by atoms with van der Waals surface area (Å²) in [4.78, 5) is 15.0. The van der Waals surface area contributed by atoms with Gasteiger partial charge in [-0.1, -0.05) is 12.1 Å². The van der Waals surface area contributed by atoms with Crippen molar-refractivity contribution >= 4 is 22.4 Å². The van der Waals surface area contributed by atoms with Crippen LogP contribution in [0.1, 0.15) is 0 Å². The van der Waals surface area contributed by atoms with Crippen LogP contribution in [-0.2, 0) is 4.79 Å². The van der Waals surface area contributed by atoms with Gasteiger partial charge in [0.05, 0.1) is 0 Å². The van der Waals surface area contributed by atoms with Crippen LogP contribution in [0.4, 0.5) is 23.2 Å². The lowest BCUT2D eigenvalue weighted by molar-refractivity contribution is -0.163. The van der Waals surface area contributed by atoms with Crippen molar-refractivity contribution in [1.82, 2.24) is 4.98 Å². The van der Waals surface area contributed by atoms with Crippen LogP contribution in [0.25, 0.3) is 10.8 Å². The van der Waals surface area contributed by atoms with E-state index < -0.39 is 18.3 Å². The van der Waals surface area contributed by atoms with E-state index in [0.29, 0.717) is 10.8 Å². The quantitative estimate of drug-likeness (QED) is 0.872. The zero-order chi connectivity index (χ0) is 14.0. The Morgan fingerprint density at radius 3 is 2.68 bits per heavy atom. The van der Waals surface area contributed by atoms with Crippen molar-refractivity contribution in [3.05, 3.63) is 36.7 Å². The molecule has 0 aliphatic rings. The first kappa shape index (κ1) is 13.3. The number of carbonyl (C=O) groups excluding carboxylic acids is 1. The van der Waals surface area contributed by atoms with Crippen LogP contribution in [0, 0.1) is 0 Å². The first-order valence-corrected chi connectivity index (χ1v) is 5.23. The lowest BCUT2D eigenvalue weighted by Gasteiger charge is -2.15. The number of aromatic nitrogens is 1. The molecule has 0 fully saturated rings. The number of benzene rings is 1. The van der Waals surface area contributed by atoms with Crippen molar-refractivity contribution in [1.29, 1.82) is 0 Å². The van der Waals surface area contributed by atoms with E-state index in [1.54, 1.807) is 6.07 Å². The van der Waals surface area contributed by atoms with Crippen molar-refractivity contribution in [3.8, 4) is 0 Å². The van der Waals surface area contributed by atoms with Crippen molar-refractivity contribution in [2.24, 2.45) is 0 Å². The normalized spacial score (nSPS) is 11.8. The maximum absolute atomic E-state index is 12.9. The Bertz CT molecular complexity index is 610. The zero-order valence-corrected chi connectivity index (χ0v) is 9.41. The molecule has 0 bridgehead atoms. The van der Waals surface area contributed by atoms with Crippen LogP contribution < -0.4 is 5.32 Å². The minimum atomic E-state index is -4.73. The predicted molar refractivity (Wildman–Crippen MR) is 61.3 cm³/mol. The average molecular weight is 272 g/mol. The van der Waals surface area contributed by atoms with E-state index in [1.807, 2.05) is 5.32 Å². The van der Waals surface area contributed by atoms with Crippen LogP contribution in [0.5, 0.6) is 0 Å². The fourth-order valence-electron chi connectivity index (χ4n) is 1.54. The lowest BCUT2D eigenvalue weighted by atomic mass is 10.1. The van der Waals surface area contributed by atoms with E-state index in [4.69, 9.17) is 0 Å². The highest BCUT2D eigenvalue weighted by Crippen LogP contribution is 2.27. The molecule has 0 saturated carbocycles. The molecule has 0 saturated heterocycles. The number of alkyl halides is 4. The molecule has 0 atom stereocenters. The molecular weight excluding hydrogens is 264 g/mol. The van der Waals surface area contributed by atoms with Gasteiger partial charge < -0.3 is 5.32 Å². The molecule has 19 heavy (non-hydrogen) atoms. The van der Waals surface area contributed by atoms with E-state index in [2.05, 4.69) is 4.98 Å². The summed E-state index contributed by atoms with van der Waals surface area (Å²) in [6.07, 6.45) is -1.18. The van der Waals surface area contributed by atoms with Crippen molar-refractivity contribution in [2.75, 3.05) is 5.32 Å². The highest BCUT2D eigenvalue weighted by molar-refractivity contribution is 6.04. The van der Waals surface area contributed by atoms with Gasteiger partial charge in [0, 0.05) is 28.9 Å². The summed E-state index contributed by atoms with van der Waals surface area (Å²) in [5, 5.41) is 2.85. The molecule has 1 amide bonds. The van der Waals surface area contributed by atoms with Gasteiger partial charge in [-0.3, -0.25) is 9.78 Å². The van der Waals surface area contributed by atoms with E-state index in [1.165, 1.54) is 30.6 Å². The zero-order valence-electron chi connectivity index (χ0n) is 9.41. The molecule has 100 valence electrons.